The van der Waals surface area contributed by atoms with Crippen molar-refractivity contribution in [2.75, 3.05) is 18.1 Å². The Labute approximate surface area is 203 Å². The van der Waals surface area contributed by atoms with Crippen molar-refractivity contribution < 1.29 is 14.5 Å². The van der Waals surface area contributed by atoms with Crippen LogP contribution in [0, 0.1) is 17.0 Å². The van der Waals surface area contributed by atoms with E-state index in [4.69, 9.17) is 4.74 Å². The van der Waals surface area contributed by atoms with Crippen LogP contribution in [0.4, 0.5) is 10.8 Å². The maximum Gasteiger partial charge on any atom is 0.294 e. The van der Waals surface area contributed by atoms with E-state index in [1.807, 2.05) is 24.3 Å². The Bertz CT molecular complexity index is 1460. The maximum absolute atomic E-state index is 13.8. The minimum Gasteiger partial charge on any atom is -0.376 e. The summed E-state index contributed by atoms with van der Waals surface area (Å²) in [6, 6.07) is 14.8. The normalized spacial score (nSPS) is 15.4. The number of carbonyl (C=O) groups is 1. The quantitative estimate of drug-likeness (QED) is 0.296. The maximum atomic E-state index is 13.8. The second kappa shape index (κ2) is 9.35. The third kappa shape index (κ3) is 4.43. The highest BCUT2D eigenvalue weighted by atomic mass is 32.1. The van der Waals surface area contributed by atoms with Crippen molar-refractivity contribution >= 4 is 38.3 Å². The lowest BCUT2D eigenvalue weighted by molar-refractivity contribution is -0.384. The van der Waals surface area contributed by atoms with E-state index in [1.54, 1.807) is 19.1 Å². The first-order chi connectivity index (χ1) is 16.9. The molecular formula is C24H21N5O5S. The Hall–Kier alpha value is -3.96. The molecule has 11 heteroatoms. The Morgan fingerprint density at radius 2 is 2.03 bits per heavy atom. The number of rotatable bonds is 6. The van der Waals surface area contributed by atoms with Crippen LogP contribution >= 0.6 is 11.3 Å². The summed E-state index contributed by atoms with van der Waals surface area (Å²) < 4.78 is 7.92. The summed E-state index contributed by atoms with van der Waals surface area (Å²) in [7, 11) is 0. The zero-order valence-electron chi connectivity index (χ0n) is 18.8. The van der Waals surface area contributed by atoms with Crippen LogP contribution < -0.4 is 10.3 Å². The lowest BCUT2D eigenvalue weighted by Gasteiger charge is -2.23. The van der Waals surface area contributed by atoms with Gasteiger partial charge in [-0.05, 0) is 38.0 Å². The summed E-state index contributed by atoms with van der Waals surface area (Å²) in [6.45, 7) is 2.44. The molecule has 0 saturated carbocycles. The fourth-order valence-corrected chi connectivity index (χ4v) is 5.05. The largest absolute Gasteiger partial charge is 0.376 e. The van der Waals surface area contributed by atoms with Crippen LogP contribution in [0.15, 0.2) is 59.4 Å². The molecule has 2 aromatic heterocycles. The van der Waals surface area contributed by atoms with E-state index < -0.39 is 16.3 Å². The number of benzene rings is 2. The number of aryl methyl sites for hydroxylation is 1. The molecule has 5 rings (SSSR count). The van der Waals surface area contributed by atoms with E-state index >= 15 is 0 Å². The van der Waals surface area contributed by atoms with E-state index in [2.05, 4.69) is 10.1 Å². The second-order valence-electron chi connectivity index (χ2n) is 8.17. The van der Waals surface area contributed by atoms with Crippen molar-refractivity contribution in [2.45, 2.75) is 25.9 Å². The van der Waals surface area contributed by atoms with E-state index in [9.17, 15) is 19.7 Å². The smallest absolute Gasteiger partial charge is 0.294 e. The van der Waals surface area contributed by atoms with Gasteiger partial charge in [0.15, 0.2) is 10.8 Å². The number of carbonyl (C=O) groups excluding carboxylic acids is 1. The number of hydrogen-bond acceptors (Lipinski definition) is 8. The summed E-state index contributed by atoms with van der Waals surface area (Å²) >= 11 is 1.34. The van der Waals surface area contributed by atoms with Gasteiger partial charge < -0.3 is 4.74 Å². The van der Waals surface area contributed by atoms with E-state index in [0.29, 0.717) is 17.4 Å². The van der Waals surface area contributed by atoms with Crippen LogP contribution in [0.3, 0.4) is 0 Å². The molecular weight excluding hydrogens is 470 g/mol. The van der Waals surface area contributed by atoms with Gasteiger partial charge in [-0.25, -0.2) is 9.67 Å². The van der Waals surface area contributed by atoms with Gasteiger partial charge in [0.25, 0.3) is 11.6 Å². The second-order valence-corrected chi connectivity index (χ2v) is 9.18. The van der Waals surface area contributed by atoms with Gasteiger partial charge in [-0.3, -0.25) is 24.6 Å². The van der Waals surface area contributed by atoms with Crippen LogP contribution in [0.1, 0.15) is 29.0 Å². The van der Waals surface area contributed by atoms with Gasteiger partial charge in [-0.15, -0.1) is 0 Å². The van der Waals surface area contributed by atoms with Gasteiger partial charge in [-0.1, -0.05) is 35.6 Å². The van der Waals surface area contributed by atoms with Crippen LogP contribution in [-0.4, -0.2) is 44.9 Å². The van der Waals surface area contributed by atoms with Gasteiger partial charge in [-0.2, -0.15) is 5.10 Å². The number of nitro benzene ring substituents is 1. The summed E-state index contributed by atoms with van der Waals surface area (Å²) in [5, 5.41) is 16.3. The highest BCUT2D eigenvalue weighted by Crippen LogP contribution is 2.30. The number of thiazole rings is 1. The lowest BCUT2D eigenvalue weighted by atomic mass is 10.2. The molecule has 1 aliphatic heterocycles. The topological polar surface area (TPSA) is 120 Å². The first kappa shape index (κ1) is 22.8. The molecule has 1 atom stereocenters. The minimum absolute atomic E-state index is 0.162. The Morgan fingerprint density at radius 3 is 2.77 bits per heavy atom. The molecule has 4 aromatic rings. The van der Waals surface area contributed by atoms with Gasteiger partial charge in [0.2, 0.25) is 5.43 Å². The van der Waals surface area contributed by atoms with E-state index in [-0.39, 0.29) is 29.7 Å². The van der Waals surface area contributed by atoms with Gasteiger partial charge in [0.05, 0.1) is 27.8 Å². The average Bonchev–Trinajstić information content (AvgIpc) is 3.52. The molecule has 2 aromatic carbocycles. The number of hydrogen-bond donors (Lipinski definition) is 0. The number of nitrogens with zero attached hydrogens (tertiary/aromatic N) is 5. The number of nitro groups is 1. The molecule has 0 radical (unpaired) electrons. The Morgan fingerprint density at radius 1 is 1.26 bits per heavy atom. The van der Waals surface area contributed by atoms with Crippen molar-refractivity contribution in [2.24, 2.45) is 0 Å². The molecule has 178 valence electrons. The molecule has 1 fully saturated rings. The fourth-order valence-electron chi connectivity index (χ4n) is 4.08. The van der Waals surface area contributed by atoms with Crippen LogP contribution in [0.2, 0.25) is 0 Å². The summed E-state index contributed by atoms with van der Waals surface area (Å²) in [4.78, 5) is 43.8. The highest BCUT2D eigenvalue weighted by Gasteiger charge is 2.30. The number of amides is 1. The van der Waals surface area contributed by atoms with Crippen molar-refractivity contribution in [3.63, 3.8) is 0 Å². The van der Waals surface area contributed by atoms with Crippen molar-refractivity contribution in [1.29, 1.82) is 0 Å². The summed E-state index contributed by atoms with van der Waals surface area (Å²) in [6.07, 6.45) is 1.49. The van der Waals surface area contributed by atoms with Gasteiger partial charge in [0.1, 0.15) is 5.69 Å². The molecule has 10 nitrogen and oxygen atoms in total. The number of fused-ring (bicyclic) bond motifs is 1. The molecule has 0 bridgehead atoms. The monoisotopic (exact) mass is 491 g/mol. The van der Waals surface area contributed by atoms with Crippen molar-refractivity contribution in [3.8, 4) is 5.69 Å². The first-order valence-electron chi connectivity index (χ1n) is 11.1. The molecule has 1 aliphatic rings. The third-order valence-corrected chi connectivity index (χ3v) is 6.84. The molecule has 3 heterocycles. The predicted molar refractivity (Wildman–Crippen MR) is 131 cm³/mol. The molecule has 0 spiro atoms. The van der Waals surface area contributed by atoms with Crippen molar-refractivity contribution in [1.82, 2.24) is 14.8 Å². The van der Waals surface area contributed by atoms with Gasteiger partial charge >= 0.3 is 0 Å². The number of ether oxygens (including phenoxy) is 1. The average molecular weight is 492 g/mol. The summed E-state index contributed by atoms with van der Waals surface area (Å²) in [5.41, 5.74) is 0.173. The van der Waals surface area contributed by atoms with Crippen LogP contribution in [-0.2, 0) is 4.74 Å². The standard InChI is InChI=1S/C24H21N5O5S/c1-15-13-20(30)22(26-28(15)18-9-3-4-10-19(18)29(32)33)23(31)27(14-16-7-6-12-34-16)24-25-17-8-2-5-11-21(17)35-24/h2-5,8-11,13,16H,6-7,12,14H2,1H3. The molecule has 1 amide bonds. The highest BCUT2D eigenvalue weighted by molar-refractivity contribution is 7.22. The third-order valence-electron chi connectivity index (χ3n) is 5.79. The Balaban J connectivity index is 1.61. The van der Waals surface area contributed by atoms with Crippen LogP contribution in [0.5, 0.6) is 0 Å². The number of aromatic nitrogens is 3. The molecule has 0 N–H and O–H groups in total. The Kier molecular flexibility index (Phi) is 6.10. The first-order valence-corrected chi connectivity index (χ1v) is 11.9. The fraction of sp³-hybridized carbons (Fsp3) is 0.250. The van der Waals surface area contributed by atoms with E-state index in [1.165, 1.54) is 39.1 Å². The predicted octanol–water partition coefficient (Wildman–Crippen LogP) is 3.88. The SMILES string of the molecule is Cc1cc(=O)c(C(=O)N(CC2CCCO2)c2nc3ccccc3s2)nn1-c1ccccc1[N+](=O)[O-]. The number of anilines is 1. The zero-order chi connectivity index (χ0) is 24.5. The number of para-hydroxylation sites is 3. The van der Waals surface area contributed by atoms with Crippen molar-refractivity contribution in [3.05, 3.63) is 86.3 Å². The van der Waals surface area contributed by atoms with Crippen LogP contribution in [0.25, 0.3) is 15.9 Å². The lowest BCUT2D eigenvalue weighted by Crippen LogP contribution is -2.40. The molecule has 1 unspecified atom stereocenters. The molecule has 35 heavy (non-hydrogen) atoms. The summed E-state index contributed by atoms with van der Waals surface area (Å²) in [5.74, 6) is -0.628. The zero-order valence-corrected chi connectivity index (χ0v) is 19.6. The van der Waals surface area contributed by atoms with Gasteiger partial charge in [0, 0.05) is 24.4 Å². The molecule has 1 saturated heterocycles. The van der Waals surface area contributed by atoms with E-state index in [0.717, 1.165) is 23.1 Å². The minimum atomic E-state index is -0.628. The molecule has 0 aliphatic carbocycles.